The number of nitrogens with zero attached hydrogens (tertiary/aromatic N) is 2. The summed E-state index contributed by atoms with van der Waals surface area (Å²) in [4.78, 5) is 29.8. The van der Waals surface area contributed by atoms with Crippen LogP contribution in [-0.4, -0.2) is 47.4 Å². The fourth-order valence-electron chi connectivity index (χ4n) is 3.37. The lowest BCUT2D eigenvalue weighted by molar-refractivity contribution is -0.133. The number of carbonyl (C=O) groups is 2. The lowest BCUT2D eigenvalue weighted by atomic mass is 9.87. The first kappa shape index (κ1) is 16.4. The van der Waals surface area contributed by atoms with Crippen LogP contribution in [0.5, 0.6) is 0 Å². The zero-order valence-electron chi connectivity index (χ0n) is 13.0. The summed E-state index contributed by atoms with van der Waals surface area (Å²) in [7, 11) is 1.64. The molecule has 1 aliphatic rings. The number of hydrogen-bond donors (Lipinski definition) is 2. The SMILES string of the molecule is CNC(=O)C1(CCCc2cccnc2)CCCN1CC(N)=O. The summed E-state index contributed by atoms with van der Waals surface area (Å²) in [6, 6.07) is 3.95. The Bertz CT molecular complexity index is 520. The Morgan fingerprint density at radius 3 is 2.95 bits per heavy atom. The van der Waals surface area contributed by atoms with Gasteiger partial charge in [-0.25, -0.2) is 0 Å². The van der Waals surface area contributed by atoms with Gasteiger partial charge in [-0.15, -0.1) is 0 Å². The second kappa shape index (κ2) is 7.35. The van der Waals surface area contributed by atoms with Gasteiger partial charge in [0.15, 0.2) is 0 Å². The summed E-state index contributed by atoms with van der Waals surface area (Å²) < 4.78 is 0. The molecule has 6 heteroatoms. The molecule has 1 aromatic heterocycles. The lowest BCUT2D eigenvalue weighted by Gasteiger charge is -2.36. The van der Waals surface area contributed by atoms with Crippen LogP contribution in [-0.2, 0) is 16.0 Å². The molecule has 0 bridgehead atoms. The number of rotatable bonds is 7. The quantitative estimate of drug-likeness (QED) is 0.766. The monoisotopic (exact) mass is 304 g/mol. The molecular weight excluding hydrogens is 280 g/mol. The van der Waals surface area contributed by atoms with Crippen molar-refractivity contribution in [3.8, 4) is 0 Å². The highest BCUT2D eigenvalue weighted by molar-refractivity contribution is 5.87. The van der Waals surface area contributed by atoms with E-state index >= 15 is 0 Å². The minimum atomic E-state index is -0.605. The molecule has 3 N–H and O–H groups in total. The van der Waals surface area contributed by atoms with Crippen molar-refractivity contribution in [3.05, 3.63) is 30.1 Å². The van der Waals surface area contributed by atoms with Crippen LogP contribution in [0.2, 0.25) is 0 Å². The molecule has 0 saturated carbocycles. The molecule has 0 spiro atoms. The third-order valence-corrected chi connectivity index (χ3v) is 4.40. The van der Waals surface area contributed by atoms with Crippen molar-refractivity contribution in [2.75, 3.05) is 20.1 Å². The summed E-state index contributed by atoms with van der Waals surface area (Å²) in [5.41, 5.74) is 5.89. The van der Waals surface area contributed by atoms with Crippen LogP contribution >= 0.6 is 0 Å². The van der Waals surface area contributed by atoms with Crippen LogP contribution in [0.25, 0.3) is 0 Å². The van der Waals surface area contributed by atoms with Crippen molar-refractivity contribution >= 4 is 11.8 Å². The number of pyridine rings is 1. The normalized spacial score (nSPS) is 21.7. The molecule has 2 heterocycles. The Balaban J connectivity index is 2.05. The standard InChI is InChI=1S/C16H24N4O2/c1-18-15(22)16(8-4-10-20(16)12-14(17)21)7-2-5-13-6-3-9-19-11-13/h3,6,9,11H,2,4-5,7-8,10,12H2,1H3,(H2,17,21)(H,18,22). The Labute approximate surface area is 131 Å². The molecular formula is C16H24N4O2. The van der Waals surface area contributed by atoms with Gasteiger partial charge in [0.25, 0.3) is 0 Å². The van der Waals surface area contributed by atoms with E-state index in [2.05, 4.69) is 10.3 Å². The van der Waals surface area contributed by atoms with E-state index in [-0.39, 0.29) is 18.4 Å². The van der Waals surface area contributed by atoms with E-state index in [1.54, 1.807) is 13.2 Å². The van der Waals surface area contributed by atoms with Crippen molar-refractivity contribution in [3.63, 3.8) is 0 Å². The third kappa shape index (κ3) is 3.62. The molecule has 1 aromatic rings. The van der Waals surface area contributed by atoms with E-state index in [1.165, 1.54) is 0 Å². The Morgan fingerprint density at radius 2 is 2.32 bits per heavy atom. The van der Waals surface area contributed by atoms with Gasteiger partial charge in [-0.1, -0.05) is 6.07 Å². The highest BCUT2D eigenvalue weighted by Gasteiger charge is 2.46. The molecule has 1 fully saturated rings. The van der Waals surface area contributed by atoms with Crippen molar-refractivity contribution in [1.29, 1.82) is 0 Å². The molecule has 0 aliphatic carbocycles. The van der Waals surface area contributed by atoms with E-state index in [4.69, 9.17) is 5.73 Å². The molecule has 22 heavy (non-hydrogen) atoms. The third-order valence-electron chi connectivity index (χ3n) is 4.40. The Kier molecular flexibility index (Phi) is 5.49. The van der Waals surface area contributed by atoms with Crippen molar-refractivity contribution in [2.45, 2.75) is 37.6 Å². The van der Waals surface area contributed by atoms with Crippen LogP contribution in [0.4, 0.5) is 0 Å². The molecule has 120 valence electrons. The second-order valence-electron chi connectivity index (χ2n) is 5.82. The summed E-state index contributed by atoms with van der Waals surface area (Å²) in [5, 5.41) is 2.75. The van der Waals surface area contributed by atoms with E-state index in [0.29, 0.717) is 0 Å². The average molecular weight is 304 g/mol. The van der Waals surface area contributed by atoms with Crippen molar-refractivity contribution in [1.82, 2.24) is 15.2 Å². The van der Waals surface area contributed by atoms with E-state index < -0.39 is 5.54 Å². The number of carbonyl (C=O) groups excluding carboxylic acids is 2. The highest BCUT2D eigenvalue weighted by Crippen LogP contribution is 2.34. The Hall–Kier alpha value is -1.95. The van der Waals surface area contributed by atoms with Crippen molar-refractivity contribution in [2.24, 2.45) is 5.73 Å². The van der Waals surface area contributed by atoms with Crippen LogP contribution in [0.3, 0.4) is 0 Å². The smallest absolute Gasteiger partial charge is 0.240 e. The average Bonchev–Trinajstić information content (AvgIpc) is 2.90. The van der Waals surface area contributed by atoms with Gasteiger partial charge in [0.2, 0.25) is 11.8 Å². The summed E-state index contributed by atoms with van der Waals surface area (Å²) in [5.74, 6) is -0.403. The predicted octanol–water partition coefficient (Wildman–Crippen LogP) is 0.470. The molecule has 1 aliphatic heterocycles. The summed E-state index contributed by atoms with van der Waals surface area (Å²) in [6.07, 6.45) is 7.74. The van der Waals surface area contributed by atoms with E-state index in [0.717, 1.165) is 44.2 Å². The minimum Gasteiger partial charge on any atom is -0.369 e. The van der Waals surface area contributed by atoms with Crippen LogP contribution in [0.15, 0.2) is 24.5 Å². The number of hydrogen-bond acceptors (Lipinski definition) is 4. The first-order valence-corrected chi connectivity index (χ1v) is 7.73. The van der Waals surface area contributed by atoms with Crippen LogP contribution < -0.4 is 11.1 Å². The van der Waals surface area contributed by atoms with Crippen LogP contribution in [0, 0.1) is 0 Å². The zero-order chi connectivity index (χ0) is 16.0. The van der Waals surface area contributed by atoms with Gasteiger partial charge >= 0.3 is 0 Å². The largest absolute Gasteiger partial charge is 0.369 e. The molecule has 1 saturated heterocycles. The maximum absolute atomic E-state index is 12.5. The number of primary amides is 1. The molecule has 1 unspecified atom stereocenters. The topological polar surface area (TPSA) is 88.3 Å². The molecule has 6 nitrogen and oxygen atoms in total. The van der Waals surface area contributed by atoms with Gasteiger partial charge in [0, 0.05) is 19.4 Å². The van der Waals surface area contributed by atoms with Gasteiger partial charge in [-0.3, -0.25) is 19.5 Å². The van der Waals surface area contributed by atoms with Gasteiger partial charge in [0.1, 0.15) is 5.54 Å². The second-order valence-corrected chi connectivity index (χ2v) is 5.82. The van der Waals surface area contributed by atoms with Gasteiger partial charge in [-0.2, -0.15) is 0 Å². The first-order valence-electron chi connectivity index (χ1n) is 7.73. The summed E-state index contributed by atoms with van der Waals surface area (Å²) >= 11 is 0. The van der Waals surface area contributed by atoms with Gasteiger partial charge < -0.3 is 11.1 Å². The first-order chi connectivity index (χ1) is 10.6. The number of likely N-dealkylation sites (tertiary alicyclic amines) is 1. The minimum absolute atomic E-state index is 0.0163. The number of likely N-dealkylation sites (N-methyl/N-ethyl adjacent to an activating group) is 1. The van der Waals surface area contributed by atoms with Gasteiger partial charge in [0.05, 0.1) is 6.54 Å². The predicted molar refractivity (Wildman–Crippen MR) is 84.0 cm³/mol. The molecule has 1 atom stereocenters. The number of amides is 2. The number of aryl methyl sites for hydroxylation is 1. The fraction of sp³-hybridized carbons (Fsp3) is 0.562. The van der Waals surface area contributed by atoms with Crippen LogP contribution in [0.1, 0.15) is 31.2 Å². The number of aromatic nitrogens is 1. The van der Waals surface area contributed by atoms with Gasteiger partial charge in [-0.05, 0) is 50.3 Å². The zero-order valence-corrected chi connectivity index (χ0v) is 13.0. The Morgan fingerprint density at radius 1 is 1.50 bits per heavy atom. The van der Waals surface area contributed by atoms with Crippen molar-refractivity contribution < 1.29 is 9.59 Å². The maximum Gasteiger partial charge on any atom is 0.240 e. The summed E-state index contributed by atoms with van der Waals surface area (Å²) in [6.45, 7) is 0.879. The fourth-order valence-corrected chi connectivity index (χ4v) is 3.37. The molecule has 0 aromatic carbocycles. The molecule has 2 amide bonds. The number of nitrogens with one attached hydrogen (secondary N) is 1. The molecule has 0 radical (unpaired) electrons. The van der Waals surface area contributed by atoms with E-state index in [1.807, 2.05) is 23.2 Å². The molecule has 2 rings (SSSR count). The lowest BCUT2D eigenvalue weighted by Crippen LogP contribution is -2.56. The maximum atomic E-state index is 12.5. The van der Waals surface area contributed by atoms with E-state index in [9.17, 15) is 9.59 Å². The highest BCUT2D eigenvalue weighted by atomic mass is 16.2. The number of nitrogens with two attached hydrogens (primary N) is 1.